The highest BCUT2D eigenvalue weighted by atomic mass is 79.9. The summed E-state index contributed by atoms with van der Waals surface area (Å²) in [5.41, 5.74) is 1.09. The Labute approximate surface area is 171 Å². The van der Waals surface area contributed by atoms with Gasteiger partial charge in [0.05, 0.1) is 16.7 Å². The molecule has 0 atom stereocenters. The van der Waals surface area contributed by atoms with Crippen LogP contribution in [0.1, 0.15) is 15.9 Å². The number of sulfonamides is 1. The van der Waals surface area contributed by atoms with Gasteiger partial charge in [-0.3, -0.25) is 0 Å². The van der Waals surface area contributed by atoms with Crippen molar-refractivity contribution in [1.82, 2.24) is 4.83 Å². The number of benzene rings is 3. The molecule has 0 bridgehead atoms. The Bertz CT molecular complexity index is 1080. The summed E-state index contributed by atoms with van der Waals surface area (Å²) in [6, 6.07) is 21.4. The third-order valence-corrected chi connectivity index (χ3v) is 5.38. The second-order valence-electron chi connectivity index (χ2n) is 5.63. The second kappa shape index (κ2) is 8.81. The average Bonchev–Trinajstić information content (AvgIpc) is 2.70. The van der Waals surface area contributed by atoms with Gasteiger partial charge in [-0.15, -0.1) is 0 Å². The Balaban J connectivity index is 1.61. The summed E-state index contributed by atoms with van der Waals surface area (Å²) in [5, 5.41) is 3.77. The summed E-state index contributed by atoms with van der Waals surface area (Å²) in [7, 11) is -3.74. The van der Waals surface area contributed by atoms with E-state index in [1.54, 1.807) is 60.7 Å². The molecule has 0 amide bonds. The van der Waals surface area contributed by atoms with Crippen LogP contribution < -0.4 is 9.57 Å². The molecule has 0 aliphatic rings. The number of hydrogen-bond donors (Lipinski definition) is 1. The summed E-state index contributed by atoms with van der Waals surface area (Å²) in [6.45, 7) is 0. The predicted molar refractivity (Wildman–Crippen MR) is 110 cm³/mol. The zero-order chi connectivity index (χ0) is 20.0. The Hall–Kier alpha value is -2.97. The zero-order valence-electron chi connectivity index (χ0n) is 14.4. The molecule has 142 valence electrons. The van der Waals surface area contributed by atoms with Gasteiger partial charge in [0.1, 0.15) is 5.75 Å². The van der Waals surface area contributed by atoms with Crippen LogP contribution in [0.5, 0.6) is 5.75 Å². The van der Waals surface area contributed by atoms with Gasteiger partial charge >= 0.3 is 5.97 Å². The first-order valence-corrected chi connectivity index (χ1v) is 10.4. The number of hydrogen-bond acceptors (Lipinski definition) is 5. The van der Waals surface area contributed by atoms with E-state index in [0.29, 0.717) is 16.9 Å². The lowest BCUT2D eigenvalue weighted by molar-refractivity contribution is 0.0734. The molecule has 3 aromatic rings. The van der Waals surface area contributed by atoms with Crippen molar-refractivity contribution < 1.29 is 17.9 Å². The molecular formula is C20H15BrN2O4S. The first-order chi connectivity index (χ1) is 13.4. The minimum absolute atomic E-state index is 0.107. The van der Waals surface area contributed by atoms with Gasteiger partial charge < -0.3 is 4.74 Å². The normalized spacial score (nSPS) is 11.3. The maximum atomic E-state index is 12.1. The lowest BCUT2D eigenvalue weighted by Gasteiger charge is -2.05. The molecule has 0 fully saturated rings. The fraction of sp³-hybridized carbons (Fsp3) is 0. The van der Waals surface area contributed by atoms with E-state index in [1.165, 1.54) is 18.3 Å². The Morgan fingerprint density at radius 3 is 2.21 bits per heavy atom. The van der Waals surface area contributed by atoms with Crippen LogP contribution in [0.25, 0.3) is 0 Å². The summed E-state index contributed by atoms with van der Waals surface area (Å²) < 4.78 is 30.4. The molecule has 28 heavy (non-hydrogen) atoms. The molecule has 0 saturated heterocycles. The average molecular weight is 459 g/mol. The molecule has 0 aliphatic carbocycles. The van der Waals surface area contributed by atoms with Gasteiger partial charge in [0, 0.05) is 4.47 Å². The predicted octanol–water partition coefficient (Wildman–Crippen LogP) is 3.98. The van der Waals surface area contributed by atoms with Crippen molar-refractivity contribution in [3.63, 3.8) is 0 Å². The van der Waals surface area contributed by atoms with E-state index in [2.05, 4.69) is 25.9 Å². The summed E-state index contributed by atoms with van der Waals surface area (Å²) in [6.07, 6.45) is 1.36. The van der Waals surface area contributed by atoms with Crippen molar-refractivity contribution in [2.45, 2.75) is 4.90 Å². The Morgan fingerprint density at radius 2 is 1.57 bits per heavy atom. The van der Waals surface area contributed by atoms with E-state index in [4.69, 9.17) is 4.74 Å². The van der Waals surface area contributed by atoms with Crippen molar-refractivity contribution in [2.75, 3.05) is 0 Å². The van der Waals surface area contributed by atoms with Crippen LogP contribution in [-0.2, 0) is 10.0 Å². The fourth-order valence-electron chi connectivity index (χ4n) is 2.20. The standard InChI is InChI=1S/C20H15BrN2O4S/c21-17-8-12-19(13-9-17)28(25,26)23-22-14-15-6-10-18(11-7-15)27-20(24)16-4-2-1-3-5-16/h1-14,23H/b22-14+. The second-order valence-corrected chi connectivity index (χ2v) is 8.21. The van der Waals surface area contributed by atoms with Crippen molar-refractivity contribution in [2.24, 2.45) is 5.10 Å². The van der Waals surface area contributed by atoms with Crippen molar-refractivity contribution in [3.05, 3.63) is 94.5 Å². The number of carbonyl (C=O) groups excluding carboxylic acids is 1. The highest BCUT2D eigenvalue weighted by Crippen LogP contribution is 2.15. The van der Waals surface area contributed by atoms with E-state index in [1.807, 2.05) is 6.07 Å². The summed E-state index contributed by atoms with van der Waals surface area (Å²) >= 11 is 3.25. The molecule has 0 unspecified atom stereocenters. The molecule has 6 nitrogen and oxygen atoms in total. The van der Waals surface area contributed by atoms with Gasteiger partial charge in [0.15, 0.2) is 0 Å². The summed E-state index contributed by atoms with van der Waals surface area (Å²) in [4.78, 5) is 14.3. The first kappa shape index (κ1) is 19.8. The number of carbonyl (C=O) groups is 1. The van der Waals surface area contributed by atoms with E-state index in [0.717, 1.165) is 4.47 Å². The molecule has 3 rings (SSSR count). The SMILES string of the molecule is O=C(Oc1ccc(/C=N/NS(=O)(=O)c2ccc(Br)cc2)cc1)c1ccccc1. The minimum atomic E-state index is -3.74. The number of nitrogens with one attached hydrogen (secondary N) is 1. The third kappa shape index (κ3) is 5.28. The quantitative estimate of drug-likeness (QED) is 0.262. The molecule has 0 aliphatic heterocycles. The number of hydrazone groups is 1. The van der Waals surface area contributed by atoms with Crippen LogP contribution in [0.3, 0.4) is 0 Å². The maximum absolute atomic E-state index is 12.1. The Morgan fingerprint density at radius 1 is 0.929 bits per heavy atom. The third-order valence-electron chi connectivity index (χ3n) is 3.61. The highest BCUT2D eigenvalue weighted by molar-refractivity contribution is 9.10. The molecule has 0 spiro atoms. The molecule has 1 N–H and O–H groups in total. The van der Waals surface area contributed by atoms with Gasteiger partial charge in [-0.2, -0.15) is 13.5 Å². The van der Waals surface area contributed by atoms with Crippen LogP contribution in [0.2, 0.25) is 0 Å². The van der Waals surface area contributed by atoms with Crippen LogP contribution in [0.4, 0.5) is 0 Å². The first-order valence-electron chi connectivity index (χ1n) is 8.12. The van der Waals surface area contributed by atoms with Crippen molar-refractivity contribution in [3.8, 4) is 5.75 Å². The Kier molecular flexibility index (Phi) is 6.23. The van der Waals surface area contributed by atoms with Crippen LogP contribution >= 0.6 is 15.9 Å². The largest absolute Gasteiger partial charge is 0.423 e. The molecular weight excluding hydrogens is 444 g/mol. The van der Waals surface area contributed by atoms with Crippen molar-refractivity contribution in [1.29, 1.82) is 0 Å². The van der Waals surface area contributed by atoms with E-state index >= 15 is 0 Å². The van der Waals surface area contributed by atoms with Crippen LogP contribution in [0.15, 0.2) is 93.3 Å². The minimum Gasteiger partial charge on any atom is -0.423 e. The van der Waals surface area contributed by atoms with Gasteiger partial charge in [-0.05, 0) is 66.2 Å². The monoisotopic (exact) mass is 458 g/mol. The van der Waals surface area contributed by atoms with Gasteiger partial charge in [-0.25, -0.2) is 9.63 Å². The smallest absolute Gasteiger partial charge is 0.343 e. The lowest BCUT2D eigenvalue weighted by Crippen LogP contribution is -2.18. The fourth-order valence-corrected chi connectivity index (χ4v) is 3.25. The van der Waals surface area contributed by atoms with Gasteiger partial charge in [0.2, 0.25) is 0 Å². The van der Waals surface area contributed by atoms with Gasteiger partial charge in [-0.1, -0.05) is 34.1 Å². The van der Waals surface area contributed by atoms with E-state index in [-0.39, 0.29) is 4.90 Å². The van der Waals surface area contributed by atoms with Crippen LogP contribution in [-0.4, -0.2) is 20.6 Å². The number of halogens is 1. The molecule has 0 saturated carbocycles. The number of esters is 1. The number of ether oxygens (including phenoxy) is 1. The molecule has 0 aromatic heterocycles. The van der Waals surface area contributed by atoms with Crippen LogP contribution in [0, 0.1) is 0 Å². The number of nitrogens with zero attached hydrogens (tertiary/aromatic N) is 1. The van der Waals surface area contributed by atoms with E-state index in [9.17, 15) is 13.2 Å². The lowest BCUT2D eigenvalue weighted by atomic mass is 10.2. The zero-order valence-corrected chi connectivity index (χ0v) is 16.9. The molecule has 0 heterocycles. The van der Waals surface area contributed by atoms with Crippen molar-refractivity contribution >= 4 is 38.1 Å². The molecule has 3 aromatic carbocycles. The summed E-state index contributed by atoms with van der Waals surface area (Å²) in [5.74, 6) is -0.0780. The topological polar surface area (TPSA) is 84.8 Å². The number of rotatable bonds is 6. The highest BCUT2D eigenvalue weighted by Gasteiger charge is 2.12. The van der Waals surface area contributed by atoms with Gasteiger partial charge in [0.25, 0.3) is 10.0 Å². The molecule has 0 radical (unpaired) electrons. The molecule has 8 heteroatoms. The maximum Gasteiger partial charge on any atom is 0.343 e. The van der Waals surface area contributed by atoms with E-state index < -0.39 is 16.0 Å².